The van der Waals surface area contributed by atoms with Crippen molar-refractivity contribution in [3.63, 3.8) is 0 Å². The average Bonchev–Trinajstić information content (AvgIpc) is 2.08. The Morgan fingerprint density at radius 1 is 1.77 bits per heavy atom. The van der Waals surface area contributed by atoms with Crippen molar-refractivity contribution in [1.82, 2.24) is 4.90 Å². The predicted octanol–water partition coefficient (Wildman–Crippen LogP) is 0.692. The molecule has 5 heteroatoms. The lowest BCUT2D eigenvalue weighted by molar-refractivity contribution is -0.144. The predicted molar refractivity (Wildman–Crippen MR) is 44.4 cm³/mol. The highest BCUT2D eigenvalue weighted by Gasteiger charge is 2.33. The Bertz CT molecular complexity index is 216. The molecule has 1 amide bonds. The van der Waals surface area contributed by atoms with Crippen molar-refractivity contribution in [3.8, 4) is 0 Å². The smallest absolute Gasteiger partial charge is 0.410 e. The summed E-state index contributed by atoms with van der Waals surface area (Å²) in [4.78, 5) is 23.1. The molecule has 1 rings (SSSR count). The molecule has 13 heavy (non-hydrogen) atoms. The van der Waals surface area contributed by atoms with Crippen LogP contribution in [0.4, 0.5) is 4.79 Å². The first-order valence-electron chi connectivity index (χ1n) is 4.33. The lowest BCUT2D eigenvalue weighted by atomic mass is 10.1. The maximum atomic E-state index is 11.1. The number of carboxylic acids is 1. The number of hydrogen-bond acceptors (Lipinski definition) is 3. The van der Waals surface area contributed by atoms with Crippen LogP contribution in [0.1, 0.15) is 19.8 Å². The molecule has 0 saturated carbocycles. The van der Waals surface area contributed by atoms with E-state index in [2.05, 4.69) is 0 Å². The first-order valence-corrected chi connectivity index (χ1v) is 4.33. The first-order chi connectivity index (χ1) is 6.16. The summed E-state index contributed by atoms with van der Waals surface area (Å²) < 4.78 is 4.75. The Hall–Kier alpha value is -1.26. The van der Waals surface area contributed by atoms with E-state index in [1.54, 1.807) is 0 Å². The fraction of sp³-hybridized carbons (Fsp3) is 0.750. The number of carbonyl (C=O) groups excluding carboxylic acids is 1. The minimum absolute atomic E-state index is 0.204. The highest BCUT2D eigenvalue weighted by atomic mass is 16.6. The first kappa shape index (κ1) is 9.83. The third kappa shape index (κ3) is 2.11. The zero-order valence-corrected chi connectivity index (χ0v) is 7.52. The SMILES string of the molecule is CCCN1C(=O)OCCC1C(=O)O. The van der Waals surface area contributed by atoms with E-state index < -0.39 is 18.1 Å². The molecular formula is C8H13NO4. The molecule has 1 heterocycles. The summed E-state index contributed by atoms with van der Waals surface area (Å²) >= 11 is 0. The minimum Gasteiger partial charge on any atom is -0.480 e. The van der Waals surface area contributed by atoms with E-state index >= 15 is 0 Å². The molecule has 0 radical (unpaired) electrons. The second-order valence-electron chi connectivity index (χ2n) is 2.95. The summed E-state index contributed by atoms with van der Waals surface area (Å²) in [7, 11) is 0. The van der Waals surface area contributed by atoms with Gasteiger partial charge in [0, 0.05) is 13.0 Å². The molecule has 0 aromatic heterocycles. The number of rotatable bonds is 3. The van der Waals surface area contributed by atoms with Gasteiger partial charge >= 0.3 is 12.1 Å². The fourth-order valence-corrected chi connectivity index (χ4v) is 1.37. The molecule has 1 atom stereocenters. The van der Waals surface area contributed by atoms with Crippen LogP contribution in [0.15, 0.2) is 0 Å². The van der Waals surface area contributed by atoms with Gasteiger partial charge in [-0.3, -0.25) is 4.90 Å². The molecule has 5 nitrogen and oxygen atoms in total. The number of cyclic esters (lactones) is 1. The monoisotopic (exact) mass is 187 g/mol. The second kappa shape index (κ2) is 4.11. The van der Waals surface area contributed by atoms with E-state index in [1.807, 2.05) is 6.92 Å². The molecule has 0 spiro atoms. The van der Waals surface area contributed by atoms with Crippen LogP contribution in [0.3, 0.4) is 0 Å². The highest BCUT2D eigenvalue weighted by molar-refractivity contribution is 5.80. The van der Waals surface area contributed by atoms with Crippen LogP contribution in [0.25, 0.3) is 0 Å². The molecule has 1 aliphatic rings. The van der Waals surface area contributed by atoms with E-state index in [0.717, 1.165) is 6.42 Å². The molecule has 0 bridgehead atoms. The quantitative estimate of drug-likeness (QED) is 0.706. The molecule has 0 aromatic rings. The molecule has 1 unspecified atom stereocenters. The topological polar surface area (TPSA) is 66.8 Å². The summed E-state index contributed by atoms with van der Waals surface area (Å²) in [5.41, 5.74) is 0. The number of amides is 1. The van der Waals surface area contributed by atoms with Gasteiger partial charge < -0.3 is 9.84 Å². The maximum absolute atomic E-state index is 11.1. The Morgan fingerprint density at radius 3 is 3.00 bits per heavy atom. The normalized spacial score (nSPS) is 22.7. The zero-order chi connectivity index (χ0) is 9.84. The van der Waals surface area contributed by atoms with Crippen molar-refractivity contribution in [2.75, 3.05) is 13.2 Å². The van der Waals surface area contributed by atoms with Crippen LogP contribution in [-0.4, -0.2) is 41.3 Å². The summed E-state index contributed by atoms with van der Waals surface area (Å²) in [6, 6.07) is -0.707. The third-order valence-electron chi connectivity index (χ3n) is 1.98. The van der Waals surface area contributed by atoms with Crippen LogP contribution in [0, 0.1) is 0 Å². The molecule has 0 aliphatic carbocycles. The standard InChI is InChI=1S/C8H13NO4/c1-2-4-9-6(7(10)11)3-5-13-8(9)12/h6H,2-5H2,1H3,(H,10,11). The molecule has 1 saturated heterocycles. The Morgan fingerprint density at radius 2 is 2.46 bits per heavy atom. The van der Waals surface area contributed by atoms with Crippen molar-refractivity contribution in [3.05, 3.63) is 0 Å². The van der Waals surface area contributed by atoms with Gasteiger partial charge in [-0.15, -0.1) is 0 Å². The van der Waals surface area contributed by atoms with Crippen molar-refractivity contribution >= 4 is 12.1 Å². The van der Waals surface area contributed by atoms with Crippen molar-refractivity contribution in [2.45, 2.75) is 25.8 Å². The van der Waals surface area contributed by atoms with Gasteiger partial charge in [0.2, 0.25) is 0 Å². The second-order valence-corrected chi connectivity index (χ2v) is 2.95. The number of aliphatic carboxylic acids is 1. The van der Waals surface area contributed by atoms with E-state index in [-0.39, 0.29) is 6.61 Å². The Labute approximate surface area is 76.3 Å². The summed E-state index contributed by atoms with van der Waals surface area (Å²) in [6.45, 7) is 2.53. The van der Waals surface area contributed by atoms with E-state index in [0.29, 0.717) is 13.0 Å². The molecule has 1 fully saturated rings. The van der Waals surface area contributed by atoms with Gasteiger partial charge in [-0.2, -0.15) is 0 Å². The van der Waals surface area contributed by atoms with Gasteiger partial charge in [0.1, 0.15) is 6.04 Å². The number of carbonyl (C=O) groups is 2. The Balaban J connectivity index is 2.67. The van der Waals surface area contributed by atoms with Crippen LogP contribution in [0.2, 0.25) is 0 Å². The van der Waals surface area contributed by atoms with Gasteiger partial charge in [0.25, 0.3) is 0 Å². The van der Waals surface area contributed by atoms with E-state index in [1.165, 1.54) is 4.90 Å². The van der Waals surface area contributed by atoms with Crippen molar-refractivity contribution < 1.29 is 19.4 Å². The number of hydrogen-bond donors (Lipinski definition) is 1. The maximum Gasteiger partial charge on any atom is 0.410 e. The fourth-order valence-electron chi connectivity index (χ4n) is 1.37. The molecule has 1 N–H and O–H groups in total. The highest BCUT2D eigenvalue weighted by Crippen LogP contribution is 2.13. The molecular weight excluding hydrogens is 174 g/mol. The zero-order valence-electron chi connectivity index (χ0n) is 7.52. The molecule has 0 aromatic carbocycles. The van der Waals surface area contributed by atoms with Crippen molar-refractivity contribution in [2.24, 2.45) is 0 Å². The van der Waals surface area contributed by atoms with Gasteiger partial charge in [-0.25, -0.2) is 9.59 Å². The van der Waals surface area contributed by atoms with Crippen molar-refractivity contribution in [1.29, 1.82) is 0 Å². The molecule has 1 aliphatic heterocycles. The average molecular weight is 187 g/mol. The molecule has 74 valence electrons. The summed E-state index contributed by atoms with van der Waals surface area (Å²) in [6.07, 6.45) is 0.598. The van der Waals surface area contributed by atoms with Gasteiger partial charge in [0.05, 0.1) is 6.61 Å². The minimum atomic E-state index is -0.954. The lowest BCUT2D eigenvalue weighted by Gasteiger charge is -2.31. The summed E-state index contributed by atoms with van der Waals surface area (Å²) in [5.74, 6) is -0.954. The van der Waals surface area contributed by atoms with Gasteiger partial charge in [-0.1, -0.05) is 6.92 Å². The number of ether oxygens (including phenoxy) is 1. The number of carboxylic acid groups (broad SMARTS) is 1. The van der Waals surface area contributed by atoms with Gasteiger partial charge in [0.15, 0.2) is 0 Å². The summed E-state index contributed by atoms with van der Waals surface area (Å²) in [5, 5.41) is 8.80. The largest absolute Gasteiger partial charge is 0.480 e. The lowest BCUT2D eigenvalue weighted by Crippen LogP contribution is -2.49. The van der Waals surface area contributed by atoms with Crippen LogP contribution in [-0.2, 0) is 9.53 Å². The number of nitrogens with zero attached hydrogens (tertiary/aromatic N) is 1. The van der Waals surface area contributed by atoms with Crippen LogP contribution < -0.4 is 0 Å². The van der Waals surface area contributed by atoms with Crippen LogP contribution >= 0.6 is 0 Å². The third-order valence-corrected chi connectivity index (χ3v) is 1.98. The Kier molecular flexibility index (Phi) is 3.11. The van der Waals surface area contributed by atoms with E-state index in [9.17, 15) is 9.59 Å². The van der Waals surface area contributed by atoms with Gasteiger partial charge in [-0.05, 0) is 6.42 Å². The van der Waals surface area contributed by atoms with Crippen LogP contribution in [0.5, 0.6) is 0 Å². The van der Waals surface area contributed by atoms with E-state index in [4.69, 9.17) is 9.84 Å².